The zero-order valence-electron chi connectivity index (χ0n) is 14.1. The van der Waals surface area contributed by atoms with Crippen molar-refractivity contribution in [2.24, 2.45) is 0 Å². The summed E-state index contributed by atoms with van der Waals surface area (Å²) >= 11 is 0. The molecule has 0 bridgehead atoms. The summed E-state index contributed by atoms with van der Waals surface area (Å²) in [5.41, 5.74) is 1.91. The number of hydrogen-bond acceptors (Lipinski definition) is 5. The van der Waals surface area contributed by atoms with Crippen LogP contribution in [0.2, 0.25) is 0 Å². The van der Waals surface area contributed by atoms with Gasteiger partial charge in [-0.25, -0.2) is 0 Å². The van der Waals surface area contributed by atoms with Crippen LogP contribution < -0.4 is 5.32 Å². The first-order valence-electron chi connectivity index (χ1n) is 7.59. The van der Waals surface area contributed by atoms with Gasteiger partial charge >= 0.3 is 12.1 Å². The van der Waals surface area contributed by atoms with Gasteiger partial charge in [-0.15, -0.1) is 0 Å². The second kappa shape index (κ2) is 7.64. The van der Waals surface area contributed by atoms with Crippen LogP contribution >= 0.6 is 0 Å². The smallest absolute Gasteiger partial charge is 0.354 e. The summed E-state index contributed by atoms with van der Waals surface area (Å²) in [7, 11) is 3.55. The van der Waals surface area contributed by atoms with Gasteiger partial charge in [0.05, 0.1) is 0 Å². The van der Waals surface area contributed by atoms with Crippen molar-refractivity contribution in [2.45, 2.75) is 25.6 Å². The monoisotopic (exact) mass is 356 g/mol. The van der Waals surface area contributed by atoms with Crippen LogP contribution in [0.1, 0.15) is 28.9 Å². The van der Waals surface area contributed by atoms with E-state index in [1.165, 1.54) is 0 Å². The Morgan fingerprint density at radius 2 is 1.92 bits per heavy atom. The molecule has 0 spiro atoms. The highest BCUT2D eigenvalue weighted by Gasteiger charge is 2.38. The number of aryl methyl sites for hydroxylation is 1. The molecule has 0 aliphatic rings. The SMILES string of the molecule is Cc1ccc([C@H](C(=O)NCCc2noc(C(F)(F)F)n2)N(C)C)cc1. The Kier molecular flexibility index (Phi) is 5.78. The molecule has 0 radical (unpaired) electrons. The third kappa shape index (κ3) is 5.02. The van der Waals surface area contributed by atoms with E-state index in [0.717, 1.165) is 11.1 Å². The zero-order chi connectivity index (χ0) is 18.6. The lowest BCUT2D eigenvalue weighted by Crippen LogP contribution is -2.38. The fourth-order valence-corrected chi connectivity index (χ4v) is 2.30. The number of carbonyl (C=O) groups is 1. The van der Waals surface area contributed by atoms with E-state index in [0.29, 0.717) is 0 Å². The molecule has 0 aliphatic heterocycles. The number of benzene rings is 1. The largest absolute Gasteiger partial charge is 0.471 e. The van der Waals surface area contributed by atoms with Gasteiger partial charge in [0.15, 0.2) is 5.82 Å². The Bertz CT molecular complexity index is 711. The normalized spacial score (nSPS) is 13.1. The molecule has 1 atom stereocenters. The van der Waals surface area contributed by atoms with E-state index in [9.17, 15) is 18.0 Å². The standard InChI is InChI=1S/C16H19F3N4O2/c1-10-4-6-11(7-5-10)13(23(2)3)14(24)20-9-8-12-21-15(25-22-12)16(17,18)19/h4-7,13H,8-9H2,1-3H3,(H,20,24)/t13-/m1/s1. The highest BCUT2D eigenvalue weighted by molar-refractivity contribution is 5.83. The summed E-state index contributed by atoms with van der Waals surface area (Å²) in [6, 6.07) is 7.06. The quantitative estimate of drug-likeness (QED) is 0.860. The number of likely N-dealkylation sites (N-methyl/N-ethyl adjacent to an activating group) is 1. The van der Waals surface area contributed by atoms with Crippen LogP contribution in [0.25, 0.3) is 0 Å². The molecule has 2 aromatic rings. The average molecular weight is 356 g/mol. The Labute approximate surface area is 143 Å². The fourth-order valence-electron chi connectivity index (χ4n) is 2.30. The van der Waals surface area contributed by atoms with E-state index >= 15 is 0 Å². The predicted octanol–water partition coefficient (Wildman–Crippen LogP) is 2.36. The average Bonchev–Trinajstić information content (AvgIpc) is 2.98. The van der Waals surface area contributed by atoms with Gasteiger partial charge in [0.25, 0.3) is 0 Å². The van der Waals surface area contributed by atoms with Crippen molar-refractivity contribution < 1.29 is 22.5 Å². The first kappa shape index (κ1) is 18.9. The first-order valence-corrected chi connectivity index (χ1v) is 7.59. The van der Waals surface area contributed by atoms with Gasteiger partial charge in [-0.3, -0.25) is 9.69 Å². The second-order valence-electron chi connectivity index (χ2n) is 5.83. The third-order valence-electron chi connectivity index (χ3n) is 3.52. The van der Waals surface area contributed by atoms with Crippen LogP contribution in [0, 0.1) is 6.92 Å². The minimum atomic E-state index is -4.67. The molecule has 9 heteroatoms. The zero-order valence-corrected chi connectivity index (χ0v) is 14.1. The maximum absolute atomic E-state index is 12.4. The highest BCUT2D eigenvalue weighted by Crippen LogP contribution is 2.27. The Hall–Kier alpha value is -2.42. The topological polar surface area (TPSA) is 71.3 Å². The van der Waals surface area contributed by atoms with E-state index in [1.807, 2.05) is 31.2 Å². The van der Waals surface area contributed by atoms with Gasteiger partial charge in [-0.05, 0) is 26.6 Å². The number of halogens is 3. The Morgan fingerprint density at radius 3 is 2.44 bits per heavy atom. The molecular weight excluding hydrogens is 337 g/mol. The number of amides is 1. The van der Waals surface area contributed by atoms with Crippen molar-refractivity contribution in [3.63, 3.8) is 0 Å². The van der Waals surface area contributed by atoms with Gasteiger partial charge in [-0.2, -0.15) is 18.2 Å². The molecule has 136 valence electrons. The summed E-state index contributed by atoms with van der Waals surface area (Å²) < 4.78 is 41.3. The van der Waals surface area contributed by atoms with Crippen molar-refractivity contribution in [1.29, 1.82) is 0 Å². The minimum Gasteiger partial charge on any atom is -0.354 e. The lowest BCUT2D eigenvalue weighted by molar-refractivity contribution is -0.159. The van der Waals surface area contributed by atoms with Crippen molar-refractivity contribution in [3.05, 3.63) is 47.1 Å². The molecule has 2 rings (SSSR count). The van der Waals surface area contributed by atoms with Gasteiger partial charge in [-0.1, -0.05) is 35.0 Å². The number of hydrogen-bond donors (Lipinski definition) is 1. The Morgan fingerprint density at radius 1 is 1.28 bits per heavy atom. The van der Waals surface area contributed by atoms with E-state index in [-0.39, 0.29) is 24.7 Å². The molecule has 25 heavy (non-hydrogen) atoms. The third-order valence-corrected chi connectivity index (χ3v) is 3.52. The van der Waals surface area contributed by atoms with Crippen LogP contribution in [0.3, 0.4) is 0 Å². The molecule has 1 heterocycles. The molecule has 6 nitrogen and oxygen atoms in total. The molecule has 1 amide bonds. The van der Waals surface area contributed by atoms with Crippen molar-refractivity contribution in [3.8, 4) is 0 Å². The van der Waals surface area contributed by atoms with Crippen LogP contribution in [-0.2, 0) is 17.4 Å². The number of carbonyl (C=O) groups excluding carboxylic acids is 1. The fraction of sp³-hybridized carbons (Fsp3) is 0.438. The molecule has 0 saturated carbocycles. The lowest BCUT2D eigenvalue weighted by atomic mass is 10.0. The van der Waals surface area contributed by atoms with E-state index in [4.69, 9.17) is 0 Å². The predicted molar refractivity (Wildman–Crippen MR) is 83.6 cm³/mol. The van der Waals surface area contributed by atoms with Crippen LogP contribution in [0.4, 0.5) is 13.2 Å². The summed E-state index contributed by atoms with van der Waals surface area (Å²) in [5, 5.41) is 5.95. The van der Waals surface area contributed by atoms with Gasteiger partial charge in [0.2, 0.25) is 5.91 Å². The number of nitrogens with zero attached hydrogens (tertiary/aromatic N) is 3. The second-order valence-corrected chi connectivity index (χ2v) is 5.83. The van der Waals surface area contributed by atoms with Gasteiger partial charge in [0.1, 0.15) is 6.04 Å². The van der Waals surface area contributed by atoms with E-state index < -0.39 is 18.1 Å². The number of nitrogens with one attached hydrogen (secondary N) is 1. The molecule has 0 aliphatic carbocycles. The molecule has 1 aromatic heterocycles. The van der Waals surface area contributed by atoms with Crippen molar-refractivity contribution in [2.75, 3.05) is 20.6 Å². The Balaban J connectivity index is 1.95. The molecule has 0 unspecified atom stereocenters. The van der Waals surface area contributed by atoms with Crippen LogP contribution in [0.5, 0.6) is 0 Å². The number of aromatic nitrogens is 2. The molecule has 1 aromatic carbocycles. The van der Waals surface area contributed by atoms with E-state index in [2.05, 4.69) is 20.0 Å². The molecular formula is C16H19F3N4O2. The van der Waals surface area contributed by atoms with Crippen molar-refractivity contribution in [1.82, 2.24) is 20.4 Å². The maximum atomic E-state index is 12.4. The van der Waals surface area contributed by atoms with Crippen LogP contribution in [0.15, 0.2) is 28.8 Å². The molecule has 0 saturated heterocycles. The number of alkyl halides is 3. The van der Waals surface area contributed by atoms with E-state index in [1.54, 1.807) is 19.0 Å². The summed E-state index contributed by atoms with van der Waals surface area (Å²) in [6.07, 6.45) is -4.63. The first-order chi connectivity index (χ1) is 11.7. The van der Waals surface area contributed by atoms with Crippen molar-refractivity contribution >= 4 is 5.91 Å². The lowest BCUT2D eigenvalue weighted by Gasteiger charge is -2.23. The maximum Gasteiger partial charge on any atom is 0.471 e. The van der Waals surface area contributed by atoms with Gasteiger partial charge < -0.3 is 9.84 Å². The molecule has 0 fully saturated rings. The summed E-state index contributed by atoms with van der Waals surface area (Å²) in [6.45, 7) is 2.06. The van der Waals surface area contributed by atoms with Gasteiger partial charge in [0, 0.05) is 13.0 Å². The van der Waals surface area contributed by atoms with Crippen LogP contribution in [-0.4, -0.2) is 41.6 Å². The minimum absolute atomic E-state index is 0.0410. The summed E-state index contributed by atoms with van der Waals surface area (Å²) in [4.78, 5) is 17.4. The number of rotatable bonds is 6. The summed E-state index contributed by atoms with van der Waals surface area (Å²) in [5.74, 6) is -1.75. The highest BCUT2D eigenvalue weighted by atomic mass is 19.4. The molecule has 1 N–H and O–H groups in total.